The van der Waals surface area contributed by atoms with Gasteiger partial charge >= 0.3 is 0 Å². The van der Waals surface area contributed by atoms with Crippen molar-refractivity contribution in [3.05, 3.63) is 29.6 Å². The van der Waals surface area contributed by atoms with Crippen LogP contribution in [0, 0.1) is 11.2 Å². The fourth-order valence-corrected chi connectivity index (χ4v) is 2.42. The summed E-state index contributed by atoms with van der Waals surface area (Å²) in [5.41, 5.74) is 7.73. The average molecular weight is 250 g/mol. The lowest BCUT2D eigenvalue weighted by Gasteiger charge is -2.38. The first kappa shape index (κ1) is 13.3. The molecule has 1 saturated heterocycles. The van der Waals surface area contributed by atoms with E-state index in [1.165, 1.54) is 0 Å². The van der Waals surface area contributed by atoms with E-state index in [0.29, 0.717) is 5.41 Å². The lowest BCUT2D eigenvalue weighted by atomic mass is 9.82. The molecule has 0 unspecified atom stereocenters. The van der Waals surface area contributed by atoms with Crippen LogP contribution in [0.4, 0.5) is 10.1 Å². The van der Waals surface area contributed by atoms with Crippen LogP contribution >= 0.6 is 0 Å². The molecular formula is C15H23FN2. The van der Waals surface area contributed by atoms with Crippen LogP contribution in [-0.4, -0.2) is 13.1 Å². The van der Waals surface area contributed by atoms with Gasteiger partial charge in [0.25, 0.3) is 0 Å². The average Bonchev–Trinajstić information content (AvgIpc) is 2.29. The van der Waals surface area contributed by atoms with Crippen molar-refractivity contribution < 1.29 is 4.39 Å². The van der Waals surface area contributed by atoms with Crippen molar-refractivity contribution in [1.29, 1.82) is 0 Å². The van der Waals surface area contributed by atoms with Crippen molar-refractivity contribution in [3.63, 3.8) is 0 Å². The second-order valence-electron chi connectivity index (χ2n) is 6.15. The standard InChI is InChI=1S/C15H23FN2/c1-11(17)12-4-5-14(13(16)10-12)18-8-6-15(2,3)7-9-18/h4-5,10-11H,6-9,17H2,1-3H3/t11-/m1/s1. The van der Waals surface area contributed by atoms with Crippen LogP contribution in [0.2, 0.25) is 0 Å². The zero-order valence-electron chi connectivity index (χ0n) is 11.5. The van der Waals surface area contributed by atoms with Gasteiger partial charge in [-0.3, -0.25) is 0 Å². The maximum Gasteiger partial charge on any atom is 0.146 e. The van der Waals surface area contributed by atoms with Gasteiger partial charge in [0.2, 0.25) is 0 Å². The number of piperidine rings is 1. The van der Waals surface area contributed by atoms with E-state index in [1.807, 2.05) is 19.1 Å². The molecule has 18 heavy (non-hydrogen) atoms. The molecule has 1 fully saturated rings. The molecule has 1 heterocycles. The lowest BCUT2D eigenvalue weighted by molar-refractivity contribution is 0.279. The van der Waals surface area contributed by atoms with Crippen LogP contribution < -0.4 is 10.6 Å². The van der Waals surface area contributed by atoms with E-state index < -0.39 is 0 Å². The van der Waals surface area contributed by atoms with Gasteiger partial charge in [-0.1, -0.05) is 19.9 Å². The molecule has 2 nitrogen and oxygen atoms in total. The zero-order chi connectivity index (χ0) is 13.3. The summed E-state index contributed by atoms with van der Waals surface area (Å²) in [7, 11) is 0. The minimum atomic E-state index is -0.149. The molecule has 0 saturated carbocycles. The predicted molar refractivity (Wildman–Crippen MR) is 74.2 cm³/mol. The number of anilines is 1. The first-order valence-corrected chi connectivity index (χ1v) is 6.69. The first-order valence-electron chi connectivity index (χ1n) is 6.69. The van der Waals surface area contributed by atoms with E-state index in [9.17, 15) is 4.39 Å². The number of hydrogen-bond donors (Lipinski definition) is 1. The second kappa shape index (κ2) is 4.88. The van der Waals surface area contributed by atoms with E-state index >= 15 is 0 Å². The number of nitrogens with two attached hydrogens (primary N) is 1. The molecule has 0 aliphatic carbocycles. The Morgan fingerprint density at radius 2 is 1.89 bits per heavy atom. The van der Waals surface area contributed by atoms with Gasteiger partial charge in [-0.25, -0.2) is 4.39 Å². The van der Waals surface area contributed by atoms with E-state index in [4.69, 9.17) is 5.73 Å². The van der Waals surface area contributed by atoms with Crippen LogP contribution in [0.15, 0.2) is 18.2 Å². The van der Waals surface area contributed by atoms with E-state index in [-0.39, 0.29) is 11.9 Å². The topological polar surface area (TPSA) is 29.3 Å². The second-order valence-corrected chi connectivity index (χ2v) is 6.15. The third-order valence-electron chi connectivity index (χ3n) is 3.96. The van der Waals surface area contributed by atoms with Crippen LogP contribution in [0.25, 0.3) is 0 Å². The van der Waals surface area contributed by atoms with Gasteiger partial charge in [-0.2, -0.15) is 0 Å². The predicted octanol–water partition coefficient (Wildman–Crippen LogP) is 3.47. The normalized spacial score (nSPS) is 20.8. The van der Waals surface area contributed by atoms with Gasteiger partial charge in [-0.05, 0) is 42.9 Å². The first-order chi connectivity index (χ1) is 8.39. The Hall–Kier alpha value is -1.09. The van der Waals surface area contributed by atoms with Gasteiger partial charge < -0.3 is 10.6 Å². The van der Waals surface area contributed by atoms with Crippen molar-refractivity contribution in [2.75, 3.05) is 18.0 Å². The third kappa shape index (κ3) is 2.83. The Kier molecular flexibility index (Phi) is 3.62. The molecule has 0 amide bonds. The minimum absolute atomic E-state index is 0.117. The molecular weight excluding hydrogens is 227 g/mol. The van der Waals surface area contributed by atoms with Crippen molar-refractivity contribution in [3.8, 4) is 0 Å². The summed E-state index contributed by atoms with van der Waals surface area (Å²) in [5, 5.41) is 0. The summed E-state index contributed by atoms with van der Waals surface area (Å²) in [4.78, 5) is 2.14. The molecule has 1 aliphatic rings. The number of halogens is 1. The third-order valence-corrected chi connectivity index (χ3v) is 3.96. The molecule has 1 atom stereocenters. The van der Waals surface area contributed by atoms with E-state index in [0.717, 1.165) is 37.2 Å². The van der Waals surface area contributed by atoms with Crippen LogP contribution in [0.3, 0.4) is 0 Å². The monoisotopic (exact) mass is 250 g/mol. The van der Waals surface area contributed by atoms with Crippen molar-refractivity contribution >= 4 is 5.69 Å². The summed E-state index contributed by atoms with van der Waals surface area (Å²) in [5.74, 6) is -0.149. The van der Waals surface area contributed by atoms with Crippen molar-refractivity contribution in [2.45, 2.75) is 39.7 Å². The highest BCUT2D eigenvalue weighted by Crippen LogP contribution is 2.33. The summed E-state index contributed by atoms with van der Waals surface area (Å²) >= 11 is 0. The molecule has 3 heteroatoms. The Labute approximate surface area is 109 Å². The minimum Gasteiger partial charge on any atom is -0.369 e. The zero-order valence-corrected chi connectivity index (χ0v) is 11.5. The molecule has 1 aliphatic heterocycles. The Bertz CT molecular complexity index is 417. The van der Waals surface area contributed by atoms with Gasteiger partial charge in [-0.15, -0.1) is 0 Å². The fourth-order valence-electron chi connectivity index (χ4n) is 2.42. The molecule has 2 N–H and O–H groups in total. The molecule has 0 spiro atoms. The van der Waals surface area contributed by atoms with Gasteiger partial charge in [0, 0.05) is 19.1 Å². The van der Waals surface area contributed by atoms with E-state index in [1.54, 1.807) is 6.07 Å². The Balaban J connectivity index is 2.15. The molecule has 0 aromatic heterocycles. The van der Waals surface area contributed by atoms with Gasteiger partial charge in [0.05, 0.1) is 5.69 Å². The number of hydrogen-bond acceptors (Lipinski definition) is 2. The van der Waals surface area contributed by atoms with Crippen molar-refractivity contribution in [2.24, 2.45) is 11.1 Å². The highest BCUT2D eigenvalue weighted by atomic mass is 19.1. The molecule has 2 rings (SSSR count). The number of rotatable bonds is 2. The maximum absolute atomic E-state index is 14.1. The fraction of sp³-hybridized carbons (Fsp3) is 0.600. The Morgan fingerprint density at radius 3 is 2.39 bits per heavy atom. The summed E-state index contributed by atoms with van der Waals surface area (Å²) in [6.07, 6.45) is 2.23. The quantitative estimate of drug-likeness (QED) is 0.870. The van der Waals surface area contributed by atoms with Crippen LogP contribution in [0.5, 0.6) is 0 Å². The largest absolute Gasteiger partial charge is 0.369 e. The summed E-state index contributed by atoms with van der Waals surface area (Å²) in [6, 6.07) is 5.25. The highest BCUT2D eigenvalue weighted by molar-refractivity contribution is 5.50. The highest BCUT2D eigenvalue weighted by Gasteiger charge is 2.26. The Morgan fingerprint density at radius 1 is 1.28 bits per heavy atom. The molecule has 0 bridgehead atoms. The molecule has 0 radical (unpaired) electrons. The van der Waals surface area contributed by atoms with Crippen LogP contribution in [0.1, 0.15) is 45.2 Å². The summed E-state index contributed by atoms with van der Waals surface area (Å²) in [6.45, 7) is 8.29. The summed E-state index contributed by atoms with van der Waals surface area (Å²) < 4.78 is 14.1. The van der Waals surface area contributed by atoms with Crippen LogP contribution in [-0.2, 0) is 0 Å². The van der Waals surface area contributed by atoms with Crippen molar-refractivity contribution in [1.82, 2.24) is 0 Å². The number of benzene rings is 1. The number of nitrogens with zero attached hydrogens (tertiary/aromatic N) is 1. The van der Waals surface area contributed by atoms with Gasteiger partial charge in [0.15, 0.2) is 0 Å². The molecule has 1 aromatic carbocycles. The van der Waals surface area contributed by atoms with E-state index in [2.05, 4.69) is 18.7 Å². The SMILES string of the molecule is C[C@@H](N)c1ccc(N2CCC(C)(C)CC2)c(F)c1. The smallest absolute Gasteiger partial charge is 0.146 e. The van der Waals surface area contributed by atoms with Gasteiger partial charge in [0.1, 0.15) is 5.82 Å². The molecule has 1 aromatic rings. The lowest BCUT2D eigenvalue weighted by Crippen LogP contribution is -2.37. The maximum atomic E-state index is 14.1. The molecule has 100 valence electrons.